The van der Waals surface area contributed by atoms with Crippen LogP contribution in [0.25, 0.3) is 0 Å². The van der Waals surface area contributed by atoms with Crippen LogP contribution in [-0.4, -0.2) is 41.8 Å². The van der Waals surface area contributed by atoms with Crippen molar-refractivity contribution in [3.05, 3.63) is 65.3 Å². The molecule has 2 amide bonds. The summed E-state index contributed by atoms with van der Waals surface area (Å²) in [5.41, 5.74) is 1.29. The zero-order chi connectivity index (χ0) is 22.5. The lowest BCUT2D eigenvalue weighted by Crippen LogP contribution is -2.23. The number of hydrogen-bond donors (Lipinski definition) is 2. The third-order valence-electron chi connectivity index (χ3n) is 4.48. The van der Waals surface area contributed by atoms with Crippen LogP contribution in [0.15, 0.2) is 47.0 Å². The molecular weight excluding hydrogens is 420 g/mol. The fourth-order valence-corrected chi connectivity index (χ4v) is 2.94. The molecule has 32 heavy (non-hydrogen) atoms. The van der Waals surface area contributed by atoms with Crippen molar-refractivity contribution < 1.29 is 33.1 Å². The maximum atomic E-state index is 12.3. The second-order valence-corrected chi connectivity index (χ2v) is 6.65. The number of fused-ring (bicyclic) bond motifs is 1. The summed E-state index contributed by atoms with van der Waals surface area (Å²) < 4.78 is 20.2. The Morgan fingerprint density at radius 2 is 1.91 bits per heavy atom. The Hall–Kier alpha value is -4.41. The maximum absolute atomic E-state index is 12.3. The lowest BCUT2D eigenvalue weighted by Gasteiger charge is -2.08. The second kappa shape index (κ2) is 9.16. The van der Waals surface area contributed by atoms with E-state index >= 15 is 0 Å². The number of esters is 1. The van der Waals surface area contributed by atoms with Gasteiger partial charge >= 0.3 is 17.8 Å². The van der Waals surface area contributed by atoms with E-state index in [4.69, 9.17) is 18.7 Å². The van der Waals surface area contributed by atoms with Crippen LogP contribution in [0.2, 0.25) is 0 Å². The zero-order valence-corrected chi connectivity index (χ0v) is 16.9. The number of carbonyl (C=O) groups is 3. The molecule has 0 aliphatic carbocycles. The molecule has 2 aromatic carbocycles. The molecule has 0 fully saturated rings. The van der Waals surface area contributed by atoms with Gasteiger partial charge in [0.15, 0.2) is 17.3 Å². The summed E-state index contributed by atoms with van der Waals surface area (Å²) in [4.78, 5) is 40.3. The van der Waals surface area contributed by atoms with Gasteiger partial charge in [-0.1, -0.05) is 23.4 Å². The highest BCUT2D eigenvalue weighted by Gasteiger charge is 2.19. The van der Waals surface area contributed by atoms with Crippen molar-refractivity contribution >= 4 is 23.5 Å². The highest BCUT2D eigenvalue weighted by molar-refractivity contribution is 6.01. The fourth-order valence-electron chi connectivity index (χ4n) is 2.94. The molecule has 0 bridgehead atoms. The number of ether oxygens (including phenoxy) is 3. The first-order chi connectivity index (χ1) is 15.5. The van der Waals surface area contributed by atoms with Gasteiger partial charge in [0, 0.05) is 6.54 Å². The van der Waals surface area contributed by atoms with E-state index < -0.39 is 17.8 Å². The summed E-state index contributed by atoms with van der Waals surface area (Å²) in [5.74, 6) is -0.658. The molecule has 0 spiro atoms. The van der Waals surface area contributed by atoms with Crippen molar-refractivity contribution in [1.29, 1.82) is 0 Å². The molecule has 0 saturated carbocycles. The number of methoxy groups -OCH3 is 1. The minimum Gasteiger partial charge on any atom is -0.465 e. The minimum absolute atomic E-state index is 0.0197. The predicted molar refractivity (Wildman–Crippen MR) is 108 cm³/mol. The summed E-state index contributed by atoms with van der Waals surface area (Å²) in [6, 6.07) is 11.7. The Morgan fingerprint density at radius 1 is 1.09 bits per heavy atom. The predicted octanol–water partition coefficient (Wildman–Crippen LogP) is 1.70. The van der Waals surface area contributed by atoms with E-state index in [1.54, 1.807) is 36.4 Å². The summed E-state index contributed by atoms with van der Waals surface area (Å²) in [7, 11) is 1.25. The number of para-hydroxylation sites is 1. The summed E-state index contributed by atoms with van der Waals surface area (Å²) in [5, 5.41) is 8.91. The summed E-state index contributed by atoms with van der Waals surface area (Å²) in [6.07, 6.45) is -0.256. The number of rotatable bonds is 7. The number of nitrogens with zero attached hydrogens (tertiary/aromatic N) is 2. The van der Waals surface area contributed by atoms with Gasteiger partial charge in [-0.25, -0.2) is 4.79 Å². The highest BCUT2D eigenvalue weighted by atomic mass is 16.7. The average molecular weight is 438 g/mol. The monoisotopic (exact) mass is 438 g/mol. The lowest BCUT2D eigenvalue weighted by atomic mass is 10.1. The fraction of sp³-hybridized carbons (Fsp3) is 0.190. The van der Waals surface area contributed by atoms with Gasteiger partial charge in [-0.05, 0) is 29.8 Å². The Balaban J connectivity index is 1.33. The van der Waals surface area contributed by atoms with Crippen molar-refractivity contribution in [1.82, 2.24) is 15.5 Å². The molecule has 0 atom stereocenters. The number of hydrogen-bond acceptors (Lipinski definition) is 9. The van der Waals surface area contributed by atoms with Gasteiger partial charge in [-0.2, -0.15) is 4.98 Å². The Bertz CT molecular complexity index is 1170. The number of benzene rings is 2. The third-order valence-corrected chi connectivity index (χ3v) is 4.48. The molecule has 3 aromatic rings. The Kier molecular flexibility index (Phi) is 5.97. The normalized spacial score (nSPS) is 11.7. The molecular formula is C21H18N4O7. The standard InChI is InChI=1S/C21H18N4O7/c1-29-21(28)13-4-2-3-5-14(13)23-18(26)9-17-24-20(32-25-17)19(27)22-10-12-6-7-15-16(8-12)31-11-30-15/h2-8H,9-11H2,1H3,(H,22,27)(H,23,26). The van der Waals surface area contributed by atoms with Crippen LogP contribution >= 0.6 is 0 Å². The van der Waals surface area contributed by atoms with Crippen LogP contribution in [0.3, 0.4) is 0 Å². The Labute approximate surface area is 181 Å². The quantitative estimate of drug-likeness (QED) is 0.527. The van der Waals surface area contributed by atoms with E-state index in [0.717, 1.165) is 5.56 Å². The first-order valence-electron chi connectivity index (χ1n) is 9.50. The number of carbonyl (C=O) groups excluding carboxylic acids is 3. The molecule has 11 heteroatoms. The molecule has 0 saturated heterocycles. The van der Waals surface area contributed by atoms with Gasteiger partial charge in [-0.3, -0.25) is 9.59 Å². The van der Waals surface area contributed by atoms with Crippen LogP contribution in [0.1, 0.15) is 32.4 Å². The molecule has 1 aliphatic heterocycles. The van der Waals surface area contributed by atoms with E-state index in [2.05, 4.69) is 20.8 Å². The largest absolute Gasteiger partial charge is 0.465 e. The third kappa shape index (κ3) is 4.67. The molecule has 0 radical (unpaired) electrons. The van der Waals surface area contributed by atoms with E-state index in [-0.39, 0.29) is 42.7 Å². The van der Waals surface area contributed by atoms with E-state index in [0.29, 0.717) is 11.5 Å². The zero-order valence-electron chi connectivity index (χ0n) is 16.9. The summed E-state index contributed by atoms with van der Waals surface area (Å²) >= 11 is 0. The number of aromatic nitrogens is 2. The molecule has 11 nitrogen and oxygen atoms in total. The lowest BCUT2D eigenvalue weighted by molar-refractivity contribution is -0.115. The van der Waals surface area contributed by atoms with Crippen molar-refractivity contribution in [3.63, 3.8) is 0 Å². The van der Waals surface area contributed by atoms with Crippen molar-refractivity contribution in [2.75, 3.05) is 19.2 Å². The van der Waals surface area contributed by atoms with Crippen molar-refractivity contribution in [2.24, 2.45) is 0 Å². The highest BCUT2D eigenvalue weighted by Crippen LogP contribution is 2.32. The number of anilines is 1. The van der Waals surface area contributed by atoms with E-state index in [9.17, 15) is 14.4 Å². The number of nitrogens with one attached hydrogen (secondary N) is 2. The van der Waals surface area contributed by atoms with Crippen LogP contribution in [0.4, 0.5) is 5.69 Å². The van der Waals surface area contributed by atoms with Crippen molar-refractivity contribution in [3.8, 4) is 11.5 Å². The topological polar surface area (TPSA) is 142 Å². The van der Waals surface area contributed by atoms with Gasteiger partial charge in [0.2, 0.25) is 12.7 Å². The molecule has 1 aliphatic rings. The molecule has 164 valence electrons. The van der Waals surface area contributed by atoms with E-state index in [1.807, 2.05) is 0 Å². The second-order valence-electron chi connectivity index (χ2n) is 6.65. The van der Waals surface area contributed by atoms with Gasteiger partial charge < -0.3 is 29.4 Å². The van der Waals surface area contributed by atoms with E-state index in [1.165, 1.54) is 13.2 Å². The smallest absolute Gasteiger partial charge is 0.339 e. The van der Waals surface area contributed by atoms with Crippen LogP contribution < -0.4 is 20.1 Å². The molecule has 1 aromatic heterocycles. The van der Waals surface area contributed by atoms with Gasteiger partial charge in [0.05, 0.1) is 24.8 Å². The van der Waals surface area contributed by atoms with Crippen LogP contribution in [0, 0.1) is 0 Å². The molecule has 2 heterocycles. The summed E-state index contributed by atoms with van der Waals surface area (Å²) in [6.45, 7) is 0.371. The molecule has 2 N–H and O–H groups in total. The minimum atomic E-state index is -0.585. The molecule has 0 unspecified atom stereocenters. The SMILES string of the molecule is COC(=O)c1ccccc1NC(=O)Cc1noc(C(=O)NCc2ccc3c(c2)OCO3)n1. The van der Waals surface area contributed by atoms with Gasteiger partial charge in [-0.15, -0.1) is 0 Å². The number of amides is 2. The maximum Gasteiger partial charge on any atom is 0.339 e. The van der Waals surface area contributed by atoms with Crippen molar-refractivity contribution in [2.45, 2.75) is 13.0 Å². The van der Waals surface area contributed by atoms with Gasteiger partial charge in [0.1, 0.15) is 0 Å². The van der Waals surface area contributed by atoms with Gasteiger partial charge in [0.25, 0.3) is 0 Å². The Morgan fingerprint density at radius 3 is 2.75 bits per heavy atom. The first-order valence-corrected chi connectivity index (χ1v) is 9.50. The van der Waals surface area contributed by atoms with Crippen LogP contribution in [0.5, 0.6) is 11.5 Å². The first kappa shape index (κ1) is 20.8. The van der Waals surface area contributed by atoms with Crippen LogP contribution in [-0.2, 0) is 22.5 Å². The molecule has 4 rings (SSSR count). The average Bonchev–Trinajstić information content (AvgIpc) is 3.46.